The van der Waals surface area contributed by atoms with Crippen molar-refractivity contribution < 1.29 is 12.9 Å². The predicted octanol–water partition coefficient (Wildman–Crippen LogP) is 2.26. The molecule has 6 heteroatoms. The quantitative estimate of drug-likeness (QED) is 0.888. The van der Waals surface area contributed by atoms with E-state index in [0.29, 0.717) is 13.0 Å². The third kappa shape index (κ3) is 4.41. The number of hydrogen-bond donors (Lipinski definition) is 1. The minimum atomic E-state index is -3.33. The lowest BCUT2D eigenvalue weighted by molar-refractivity contribution is 0.392. The number of aromatic nitrogens is 1. The van der Waals surface area contributed by atoms with Crippen LogP contribution in [0, 0.1) is 20.8 Å². The van der Waals surface area contributed by atoms with Crippen molar-refractivity contribution >= 4 is 10.0 Å². The summed E-state index contributed by atoms with van der Waals surface area (Å²) in [6, 6.07) is 7.51. The first-order valence-electron chi connectivity index (χ1n) is 6.82. The lowest BCUT2D eigenvalue weighted by Gasteiger charge is -2.07. The summed E-state index contributed by atoms with van der Waals surface area (Å²) in [5, 5.41) is 3.86. The third-order valence-corrected chi connectivity index (χ3v) is 4.67. The fourth-order valence-electron chi connectivity index (χ4n) is 2.26. The van der Waals surface area contributed by atoms with E-state index in [-0.39, 0.29) is 5.75 Å². The highest BCUT2D eigenvalue weighted by molar-refractivity contribution is 7.88. The van der Waals surface area contributed by atoms with Gasteiger partial charge in [0, 0.05) is 12.1 Å². The second-order valence-electron chi connectivity index (χ2n) is 5.20. The van der Waals surface area contributed by atoms with Crippen LogP contribution in [0.2, 0.25) is 0 Å². The van der Waals surface area contributed by atoms with Gasteiger partial charge in [0.15, 0.2) is 0 Å². The van der Waals surface area contributed by atoms with Crippen LogP contribution in [0.25, 0.3) is 0 Å². The van der Waals surface area contributed by atoms with Gasteiger partial charge < -0.3 is 4.52 Å². The van der Waals surface area contributed by atoms with Crippen LogP contribution in [-0.4, -0.2) is 20.1 Å². The first kappa shape index (κ1) is 15.7. The molecule has 1 heterocycles. The van der Waals surface area contributed by atoms with Crippen LogP contribution in [0.1, 0.15) is 28.1 Å². The number of benzene rings is 1. The zero-order chi connectivity index (χ0) is 15.5. The third-order valence-electron chi connectivity index (χ3n) is 3.32. The van der Waals surface area contributed by atoms with Crippen molar-refractivity contribution in [2.75, 3.05) is 6.54 Å². The molecule has 0 atom stereocenters. The molecule has 0 spiro atoms. The van der Waals surface area contributed by atoms with Gasteiger partial charge in [-0.2, -0.15) is 0 Å². The van der Waals surface area contributed by atoms with Gasteiger partial charge >= 0.3 is 0 Å². The summed E-state index contributed by atoms with van der Waals surface area (Å²) < 4.78 is 31.8. The van der Waals surface area contributed by atoms with Crippen molar-refractivity contribution in [3.05, 3.63) is 52.4 Å². The summed E-state index contributed by atoms with van der Waals surface area (Å²) >= 11 is 0. The number of nitrogens with zero attached hydrogens (tertiary/aromatic N) is 1. The van der Waals surface area contributed by atoms with Gasteiger partial charge in [0.25, 0.3) is 0 Å². The smallest absolute Gasteiger partial charge is 0.215 e. The van der Waals surface area contributed by atoms with Gasteiger partial charge in [0.1, 0.15) is 5.76 Å². The largest absolute Gasteiger partial charge is 0.361 e. The van der Waals surface area contributed by atoms with E-state index in [1.165, 1.54) is 0 Å². The Morgan fingerprint density at radius 3 is 2.62 bits per heavy atom. The van der Waals surface area contributed by atoms with E-state index in [0.717, 1.165) is 28.1 Å². The molecular formula is C15H20N2O3S. The first-order chi connectivity index (χ1) is 9.87. The van der Waals surface area contributed by atoms with E-state index in [1.807, 2.05) is 45.0 Å². The summed E-state index contributed by atoms with van der Waals surface area (Å²) in [5.74, 6) is 0.737. The molecule has 5 nitrogen and oxygen atoms in total. The maximum Gasteiger partial charge on any atom is 0.215 e. The molecule has 0 saturated heterocycles. The van der Waals surface area contributed by atoms with Gasteiger partial charge in [-0.25, -0.2) is 13.1 Å². The second kappa shape index (κ2) is 6.41. The highest BCUT2D eigenvalue weighted by Gasteiger charge is 2.13. The Morgan fingerprint density at radius 2 is 2.00 bits per heavy atom. The van der Waals surface area contributed by atoms with E-state index in [1.54, 1.807) is 0 Å². The van der Waals surface area contributed by atoms with E-state index in [9.17, 15) is 8.42 Å². The van der Waals surface area contributed by atoms with Gasteiger partial charge in [-0.3, -0.25) is 0 Å². The Bertz CT molecular complexity index is 701. The van der Waals surface area contributed by atoms with Gasteiger partial charge in [-0.15, -0.1) is 0 Å². The van der Waals surface area contributed by atoms with Gasteiger partial charge in [0.2, 0.25) is 10.0 Å². The molecule has 2 aromatic rings. The van der Waals surface area contributed by atoms with Gasteiger partial charge in [0.05, 0.1) is 11.4 Å². The lowest BCUT2D eigenvalue weighted by atomic mass is 10.1. The zero-order valence-electron chi connectivity index (χ0n) is 12.5. The fourth-order valence-corrected chi connectivity index (χ4v) is 3.40. The fraction of sp³-hybridized carbons (Fsp3) is 0.400. The number of sulfonamides is 1. The number of nitrogens with one attached hydrogen (secondary N) is 1. The Morgan fingerprint density at radius 1 is 1.24 bits per heavy atom. The molecule has 2 rings (SSSR count). The van der Waals surface area contributed by atoms with Crippen LogP contribution in [0.3, 0.4) is 0 Å². The molecule has 1 aromatic carbocycles. The summed E-state index contributed by atoms with van der Waals surface area (Å²) in [4.78, 5) is 0. The highest BCUT2D eigenvalue weighted by Crippen LogP contribution is 2.13. The lowest BCUT2D eigenvalue weighted by Crippen LogP contribution is -2.27. The van der Waals surface area contributed by atoms with E-state index in [2.05, 4.69) is 9.88 Å². The second-order valence-corrected chi connectivity index (χ2v) is 7.00. The minimum absolute atomic E-state index is 0.00369. The molecule has 0 aliphatic carbocycles. The van der Waals surface area contributed by atoms with Crippen LogP contribution in [0.15, 0.2) is 28.8 Å². The highest BCUT2D eigenvalue weighted by atomic mass is 32.2. The SMILES string of the molecule is Cc1cccc(CS(=O)(=O)NCCc2c(C)noc2C)c1. The van der Waals surface area contributed by atoms with Gasteiger partial charge in [-0.05, 0) is 32.8 Å². The monoisotopic (exact) mass is 308 g/mol. The summed E-state index contributed by atoms with van der Waals surface area (Å²) in [5.41, 5.74) is 3.62. The molecule has 0 aliphatic heterocycles. The Balaban J connectivity index is 1.93. The Hall–Kier alpha value is -1.66. The Labute approximate surface area is 125 Å². The van der Waals surface area contributed by atoms with Crippen molar-refractivity contribution in [2.45, 2.75) is 32.9 Å². The number of rotatable bonds is 6. The molecule has 0 aliphatic rings. The molecule has 0 amide bonds. The number of hydrogen-bond acceptors (Lipinski definition) is 4. The normalized spacial score (nSPS) is 11.8. The van der Waals surface area contributed by atoms with E-state index >= 15 is 0 Å². The molecule has 0 saturated carbocycles. The number of aryl methyl sites for hydroxylation is 3. The average molecular weight is 308 g/mol. The summed E-state index contributed by atoms with van der Waals surface area (Å²) in [7, 11) is -3.33. The molecular weight excluding hydrogens is 288 g/mol. The molecule has 0 bridgehead atoms. The van der Waals surface area contributed by atoms with Crippen LogP contribution in [-0.2, 0) is 22.2 Å². The molecule has 114 valence electrons. The maximum absolute atomic E-state index is 12.1. The van der Waals surface area contributed by atoms with Crippen LogP contribution < -0.4 is 4.72 Å². The molecule has 1 N–H and O–H groups in total. The standard InChI is InChI=1S/C15H20N2O3S/c1-11-5-4-6-14(9-11)10-21(18,19)16-8-7-15-12(2)17-20-13(15)3/h4-6,9,16H,7-8,10H2,1-3H3. The Kier molecular flexibility index (Phi) is 4.80. The van der Waals surface area contributed by atoms with Crippen molar-refractivity contribution in [1.82, 2.24) is 9.88 Å². The van der Waals surface area contributed by atoms with Crippen LogP contribution in [0.5, 0.6) is 0 Å². The van der Waals surface area contributed by atoms with Crippen molar-refractivity contribution in [1.29, 1.82) is 0 Å². The maximum atomic E-state index is 12.1. The van der Waals surface area contributed by atoms with Crippen molar-refractivity contribution in [2.24, 2.45) is 0 Å². The average Bonchev–Trinajstić information content (AvgIpc) is 2.69. The van der Waals surface area contributed by atoms with E-state index < -0.39 is 10.0 Å². The molecule has 0 fully saturated rings. The molecule has 1 aromatic heterocycles. The van der Waals surface area contributed by atoms with Crippen LogP contribution >= 0.6 is 0 Å². The van der Waals surface area contributed by atoms with Gasteiger partial charge in [-0.1, -0.05) is 35.0 Å². The first-order valence-corrected chi connectivity index (χ1v) is 8.47. The van der Waals surface area contributed by atoms with E-state index in [4.69, 9.17) is 4.52 Å². The molecule has 0 unspecified atom stereocenters. The topological polar surface area (TPSA) is 72.2 Å². The van der Waals surface area contributed by atoms with Crippen molar-refractivity contribution in [3.8, 4) is 0 Å². The summed E-state index contributed by atoms with van der Waals surface area (Å²) in [6.45, 7) is 5.97. The molecule has 0 radical (unpaired) electrons. The van der Waals surface area contributed by atoms with Crippen molar-refractivity contribution in [3.63, 3.8) is 0 Å². The molecule has 21 heavy (non-hydrogen) atoms. The van der Waals surface area contributed by atoms with Crippen LogP contribution in [0.4, 0.5) is 0 Å². The minimum Gasteiger partial charge on any atom is -0.361 e. The predicted molar refractivity (Wildman–Crippen MR) is 81.5 cm³/mol. The summed E-state index contributed by atoms with van der Waals surface area (Å²) in [6.07, 6.45) is 0.578. The zero-order valence-corrected chi connectivity index (χ0v) is 13.3.